The SMILES string of the molecule is CC.O=[N+]([O-])c1cccc(N2CCNCC2)c1. The number of nitro benzene ring substituents is 1. The van der Waals surface area contributed by atoms with Crippen LogP contribution in [0.2, 0.25) is 0 Å². The quantitative estimate of drug-likeness (QED) is 0.631. The Morgan fingerprint density at radius 1 is 1.29 bits per heavy atom. The first-order valence-electron chi connectivity index (χ1n) is 5.97. The molecule has 1 N–H and O–H groups in total. The highest BCUT2D eigenvalue weighted by Gasteiger charge is 2.13. The zero-order valence-corrected chi connectivity index (χ0v) is 10.3. The van der Waals surface area contributed by atoms with Crippen LogP contribution in [-0.4, -0.2) is 31.1 Å². The molecule has 1 aromatic carbocycles. The number of nitrogens with zero attached hydrogens (tertiary/aromatic N) is 2. The summed E-state index contributed by atoms with van der Waals surface area (Å²) in [6.45, 7) is 7.67. The summed E-state index contributed by atoms with van der Waals surface area (Å²) in [7, 11) is 0. The van der Waals surface area contributed by atoms with E-state index in [0.29, 0.717) is 0 Å². The second-order valence-electron chi connectivity index (χ2n) is 3.51. The van der Waals surface area contributed by atoms with Gasteiger partial charge < -0.3 is 10.2 Å². The largest absolute Gasteiger partial charge is 0.369 e. The van der Waals surface area contributed by atoms with Crippen LogP contribution in [0.5, 0.6) is 0 Å². The summed E-state index contributed by atoms with van der Waals surface area (Å²) in [6, 6.07) is 6.80. The van der Waals surface area contributed by atoms with Crippen LogP contribution in [0.4, 0.5) is 11.4 Å². The highest BCUT2D eigenvalue weighted by molar-refractivity contribution is 5.53. The minimum absolute atomic E-state index is 0.158. The maximum Gasteiger partial charge on any atom is 0.271 e. The van der Waals surface area contributed by atoms with E-state index in [0.717, 1.165) is 31.9 Å². The molecule has 5 nitrogen and oxygen atoms in total. The molecule has 0 atom stereocenters. The van der Waals surface area contributed by atoms with Crippen molar-refractivity contribution >= 4 is 11.4 Å². The van der Waals surface area contributed by atoms with Crippen LogP contribution in [0.3, 0.4) is 0 Å². The minimum atomic E-state index is -0.355. The number of non-ortho nitro benzene ring substituents is 1. The molecule has 1 fully saturated rings. The van der Waals surface area contributed by atoms with Crippen LogP contribution in [0.25, 0.3) is 0 Å². The Morgan fingerprint density at radius 2 is 1.94 bits per heavy atom. The van der Waals surface area contributed by atoms with E-state index < -0.39 is 0 Å². The average Bonchev–Trinajstić information content (AvgIpc) is 2.42. The highest BCUT2D eigenvalue weighted by atomic mass is 16.6. The maximum absolute atomic E-state index is 10.6. The van der Waals surface area contributed by atoms with Crippen molar-refractivity contribution in [2.24, 2.45) is 0 Å². The van der Waals surface area contributed by atoms with Gasteiger partial charge in [-0.3, -0.25) is 10.1 Å². The van der Waals surface area contributed by atoms with E-state index in [-0.39, 0.29) is 10.6 Å². The van der Waals surface area contributed by atoms with Gasteiger partial charge in [-0.05, 0) is 6.07 Å². The average molecular weight is 237 g/mol. The number of piperazine rings is 1. The highest BCUT2D eigenvalue weighted by Crippen LogP contribution is 2.20. The van der Waals surface area contributed by atoms with Crippen LogP contribution in [-0.2, 0) is 0 Å². The van der Waals surface area contributed by atoms with Crippen molar-refractivity contribution in [3.8, 4) is 0 Å². The Morgan fingerprint density at radius 3 is 2.53 bits per heavy atom. The zero-order valence-electron chi connectivity index (χ0n) is 10.3. The van der Waals surface area contributed by atoms with E-state index in [4.69, 9.17) is 0 Å². The molecule has 1 heterocycles. The molecule has 0 aromatic heterocycles. The fraction of sp³-hybridized carbons (Fsp3) is 0.500. The van der Waals surface area contributed by atoms with Crippen LogP contribution < -0.4 is 10.2 Å². The monoisotopic (exact) mass is 237 g/mol. The summed E-state index contributed by atoms with van der Waals surface area (Å²) in [4.78, 5) is 12.4. The molecule has 1 aromatic rings. The number of anilines is 1. The summed E-state index contributed by atoms with van der Waals surface area (Å²) in [5.41, 5.74) is 1.09. The molecule has 1 aliphatic rings. The third-order valence-electron chi connectivity index (χ3n) is 2.52. The number of hydrogen-bond donors (Lipinski definition) is 1. The summed E-state index contributed by atoms with van der Waals surface area (Å²) >= 11 is 0. The van der Waals surface area contributed by atoms with Crippen molar-refractivity contribution in [1.29, 1.82) is 0 Å². The number of hydrogen-bond acceptors (Lipinski definition) is 4. The fourth-order valence-electron chi connectivity index (χ4n) is 1.73. The first-order valence-corrected chi connectivity index (χ1v) is 5.97. The molecule has 1 aliphatic heterocycles. The lowest BCUT2D eigenvalue weighted by Gasteiger charge is -2.29. The van der Waals surface area contributed by atoms with Gasteiger partial charge in [0.15, 0.2) is 0 Å². The van der Waals surface area contributed by atoms with Crippen LogP contribution >= 0.6 is 0 Å². The van der Waals surface area contributed by atoms with Crippen molar-refractivity contribution in [2.75, 3.05) is 31.1 Å². The lowest BCUT2D eigenvalue weighted by atomic mass is 10.2. The maximum atomic E-state index is 10.6. The van der Waals surface area contributed by atoms with E-state index in [1.54, 1.807) is 12.1 Å². The molecule has 17 heavy (non-hydrogen) atoms. The third kappa shape index (κ3) is 3.71. The Labute approximate surface area is 102 Å². The Kier molecular flexibility index (Phi) is 5.42. The van der Waals surface area contributed by atoms with Gasteiger partial charge in [-0.15, -0.1) is 0 Å². The van der Waals surface area contributed by atoms with Gasteiger partial charge >= 0.3 is 0 Å². The normalized spacial score (nSPS) is 14.8. The number of rotatable bonds is 2. The smallest absolute Gasteiger partial charge is 0.271 e. The van der Waals surface area contributed by atoms with Gasteiger partial charge in [0.05, 0.1) is 4.92 Å². The lowest BCUT2D eigenvalue weighted by Crippen LogP contribution is -2.43. The molecule has 0 bridgehead atoms. The first-order chi connectivity index (χ1) is 8.27. The molecule has 0 saturated carbocycles. The van der Waals surface area contributed by atoms with Crippen LogP contribution in [0.15, 0.2) is 24.3 Å². The number of nitro groups is 1. The van der Waals surface area contributed by atoms with Gasteiger partial charge in [-0.1, -0.05) is 19.9 Å². The Hall–Kier alpha value is -1.62. The van der Waals surface area contributed by atoms with Crippen molar-refractivity contribution < 1.29 is 4.92 Å². The molecule has 0 unspecified atom stereocenters. The second kappa shape index (κ2) is 6.85. The van der Waals surface area contributed by atoms with Gasteiger partial charge in [-0.25, -0.2) is 0 Å². The molecule has 2 rings (SSSR count). The zero-order chi connectivity index (χ0) is 12.7. The predicted molar refractivity (Wildman–Crippen MR) is 69.5 cm³/mol. The first kappa shape index (κ1) is 13.4. The topological polar surface area (TPSA) is 58.4 Å². The standard InChI is InChI=1S/C10H13N3O2.C2H6/c14-13(15)10-3-1-2-9(8-10)12-6-4-11-5-7-12;1-2/h1-3,8,11H,4-7H2;1-2H3. The van der Waals surface area contributed by atoms with E-state index in [2.05, 4.69) is 10.2 Å². The van der Waals surface area contributed by atoms with Gasteiger partial charge in [0.2, 0.25) is 0 Å². The Bertz CT molecular complexity index is 363. The molecule has 0 radical (unpaired) electrons. The predicted octanol–water partition coefficient (Wildman–Crippen LogP) is 2.03. The summed E-state index contributed by atoms with van der Waals surface area (Å²) in [6.07, 6.45) is 0. The third-order valence-corrected chi connectivity index (χ3v) is 2.52. The van der Waals surface area contributed by atoms with Gasteiger partial charge in [0.25, 0.3) is 5.69 Å². The van der Waals surface area contributed by atoms with E-state index in [9.17, 15) is 10.1 Å². The Balaban J connectivity index is 0.000000686. The van der Waals surface area contributed by atoms with E-state index >= 15 is 0 Å². The molecular formula is C12H19N3O2. The molecule has 1 saturated heterocycles. The lowest BCUT2D eigenvalue weighted by molar-refractivity contribution is -0.384. The van der Waals surface area contributed by atoms with Gasteiger partial charge in [0.1, 0.15) is 0 Å². The van der Waals surface area contributed by atoms with Crippen molar-refractivity contribution in [2.45, 2.75) is 13.8 Å². The fourth-order valence-corrected chi connectivity index (χ4v) is 1.73. The second-order valence-corrected chi connectivity index (χ2v) is 3.51. The number of benzene rings is 1. The van der Waals surface area contributed by atoms with Gasteiger partial charge in [0, 0.05) is 44.0 Å². The van der Waals surface area contributed by atoms with Crippen LogP contribution in [0.1, 0.15) is 13.8 Å². The van der Waals surface area contributed by atoms with Crippen molar-refractivity contribution in [3.63, 3.8) is 0 Å². The molecule has 5 heteroatoms. The van der Waals surface area contributed by atoms with Crippen molar-refractivity contribution in [3.05, 3.63) is 34.4 Å². The van der Waals surface area contributed by atoms with E-state index in [1.807, 2.05) is 19.9 Å². The van der Waals surface area contributed by atoms with Crippen molar-refractivity contribution in [1.82, 2.24) is 5.32 Å². The molecule has 0 spiro atoms. The summed E-state index contributed by atoms with van der Waals surface area (Å²) in [5.74, 6) is 0. The summed E-state index contributed by atoms with van der Waals surface area (Å²) < 4.78 is 0. The van der Waals surface area contributed by atoms with Crippen LogP contribution in [0, 0.1) is 10.1 Å². The minimum Gasteiger partial charge on any atom is -0.369 e. The molecule has 0 amide bonds. The molecule has 94 valence electrons. The summed E-state index contributed by atoms with van der Waals surface area (Å²) in [5, 5.41) is 13.9. The number of nitrogens with one attached hydrogen (secondary N) is 1. The molecule has 0 aliphatic carbocycles. The van der Waals surface area contributed by atoms with E-state index in [1.165, 1.54) is 6.07 Å². The molecular weight excluding hydrogens is 218 g/mol. The van der Waals surface area contributed by atoms with Gasteiger partial charge in [-0.2, -0.15) is 0 Å².